The Morgan fingerprint density at radius 1 is 1.03 bits per heavy atom. The molecule has 3 N–H and O–H groups in total. The molecule has 18 heteroatoms. The third kappa shape index (κ3) is 7.63. The van der Waals surface area contributed by atoms with E-state index in [0.29, 0.717) is 10.2 Å². The number of aromatic nitrogens is 3. The lowest BCUT2D eigenvalue weighted by molar-refractivity contribution is -0.384. The summed E-state index contributed by atoms with van der Waals surface area (Å²) in [6.45, 7) is 0. The summed E-state index contributed by atoms with van der Waals surface area (Å²) in [5.74, 6) is -1.58. The molecule has 0 unspecified atom stereocenters. The fourth-order valence-electron chi connectivity index (χ4n) is 2.52. The molecule has 2 aromatic carbocycles. The predicted molar refractivity (Wildman–Crippen MR) is 120 cm³/mol. The van der Waals surface area contributed by atoms with E-state index in [1.165, 1.54) is 12.1 Å². The summed E-state index contributed by atoms with van der Waals surface area (Å²) in [5, 5.41) is 26.9. The number of hydrazone groups is 1. The second-order valence-corrected chi connectivity index (χ2v) is 7.76. The van der Waals surface area contributed by atoms with Gasteiger partial charge in [-0.1, -0.05) is 15.9 Å². The molecule has 196 valence electrons. The Morgan fingerprint density at radius 2 is 1.65 bits per heavy atom. The van der Waals surface area contributed by atoms with Crippen molar-refractivity contribution < 1.29 is 41.1 Å². The molecule has 11 nitrogen and oxygen atoms in total. The van der Waals surface area contributed by atoms with Crippen LogP contribution < -0.4 is 15.5 Å². The van der Waals surface area contributed by atoms with E-state index in [-0.39, 0.29) is 11.3 Å². The summed E-state index contributed by atoms with van der Waals surface area (Å²) >= 11 is 3.20. The Bertz CT molecular complexity index is 1290. The van der Waals surface area contributed by atoms with Gasteiger partial charge < -0.3 is 15.2 Å². The van der Waals surface area contributed by atoms with Crippen molar-refractivity contribution in [3.63, 3.8) is 0 Å². The molecule has 1 aromatic heterocycles. The van der Waals surface area contributed by atoms with Crippen molar-refractivity contribution in [1.29, 1.82) is 0 Å². The largest absolute Gasteiger partial charge is 0.507 e. The first-order valence-electron chi connectivity index (χ1n) is 9.57. The van der Waals surface area contributed by atoms with Crippen LogP contribution >= 0.6 is 15.9 Å². The van der Waals surface area contributed by atoms with Crippen LogP contribution in [0.15, 0.2) is 52.0 Å². The summed E-state index contributed by atoms with van der Waals surface area (Å²) < 4.78 is 82.5. The van der Waals surface area contributed by atoms with Gasteiger partial charge in [-0.15, -0.1) is 0 Å². The quantitative estimate of drug-likeness (QED) is 0.136. The first-order chi connectivity index (χ1) is 17.2. The molecule has 0 aliphatic heterocycles. The highest BCUT2D eigenvalue weighted by Gasteiger charge is 2.59. The zero-order valence-corrected chi connectivity index (χ0v) is 19.3. The standard InChI is InChI=1S/C19H12BrF6N7O4/c20-10-1-3-11(4-2-10)28-15-29-16(31-17(30-15)37-14(18(21,22)23)19(24,25)26)32-27-8-9-7-12(33(35)36)5-6-13(9)34/h1-8,14,34H,(H2,28,29,30,31,32). The lowest BCUT2D eigenvalue weighted by Crippen LogP contribution is -2.46. The fraction of sp³-hybridized carbons (Fsp3) is 0.158. The lowest BCUT2D eigenvalue weighted by Gasteiger charge is -2.22. The average molecular weight is 596 g/mol. The molecule has 0 aliphatic carbocycles. The van der Waals surface area contributed by atoms with Crippen LogP contribution in [0, 0.1) is 10.1 Å². The summed E-state index contributed by atoms with van der Waals surface area (Å²) in [7, 11) is 0. The maximum absolute atomic E-state index is 13.0. The molecular weight excluding hydrogens is 584 g/mol. The number of nitrogens with one attached hydrogen (secondary N) is 2. The molecule has 0 fully saturated rings. The smallest absolute Gasteiger partial charge is 0.434 e. The van der Waals surface area contributed by atoms with Gasteiger partial charge in [-0.3, -0.25) is 10.1 Å². The zero-order chi connectivity index (χ0) is 27.4. The van der Waals surface area contributed by atoms with Gasteiger partial charge >= 0.3 is 18.4 Å². The molecule has 37 heavy (non-hydrogen) atoms. The number of benzene rings is 2. The molecular formula is C19H12BrF6N7O4. The number of nitro benzene ring substituents is 1. The van der Waals surface area contributed by atoms with Gasteiger partial charge in [0.25, 0.3) is 17.7 Å². The summed E-state index contributed by atoms with van der Waals surface area (Å²) in [4.78, 5) is 20.8. The monoisotopic (exact) mass is 595 g/mol. The van der Waals surface area contributed by atoms with E-state index in [4.69, 9.17) is 0 Å². The molecule has 3 rings (SSSR count). The predicted octanol–water partition coefficient (Wildman–Crippen LogP) is 5.31. The number of anilines is 3. The molecule has 1 heterocycles. The van der Waals surface area contributed by atoms with Crippen LogP contribution in [0.4, 0.5) is 49.6 Å². The van der Waals surface area contributed by atoms with E-state index in [1.807, 2.05) is 0 Å². The number of ether oxygens (including phenoxy) is 1. The van der Waals surface area contributed by atoms with Crippen LogP contribution in [0.2, 0.25) is 0 Å². The molecule has 0 saturated carbocycles. The first kappa shape index (κ1) is 27.4. The number of halogens is 7. The summed E-state index contributed by atoms with van der Waals surface area (Å²) in [5.41, 5.74) is 1.91. The van der Waals surface area contributed by atoms with Gasteiger partial charge in [-0.25, -0.2) is 5.43 Å². The van der Waals surface area contributed by atoms with Crippen LogP contribution in [-0.4, -0.2) is 49.7 Å². The van der Waals surface area contributed by atoms with E-state index in [0.717, 1.165) is 24.4 Å². The van der Waals surface area contributed by atoms with Gasteiger partial charge in [0.15, 0.2) is 0 Å². The third-order valence-corrected chi connectivity index (χ3v) is 4.65. The Labute approximate surface area is 210 Å². The number of rotatable bonds is 8. The van der Waals surface area contributed by atoms with Crippen molar-refractivity contribution in [2.24, 2.45) is 5.10 Å². The molecule has 0 atom stereocenters. The van der Waals surface area contributed by atoms with Gasteiger partial charge in [0.2, 0.25) is 5.95 Å². The highest BCUT2D eigenvalue weighted by atomic mass is 79.9. The molecule has 0 aliphatic rings. The van der Waals surface area contributed by atoms with Gasteiger partial charge in [0.1, 0.15) is 5.75 Å². The number of alkyl halides is 6. The van der Waals surface area contributed by atoms with Crippen molar-refractivity contribution in [1.82, 2.24) is 15.0 Å². The first-order valence-corrected chi connectivity index (χ1v) is 10.4. The number of nitro groups is 1. The van der Waals surface area contributed by atoms with Crippen molar-refractivity contribution >= 4 is 45.4 Å². The number of hydrogen-bond acceptors (Lipinski definition) is 10. The van der Waals surface area contributed by atoms with Crippen LogP contribution in [0.5, 0.6) is 11.8 Å². The molecule has 0 spiro atoms. The van der Waals surface area contributed by atoms with Crippen LogP contribution in [0.3, 0.4) is 0 Å². The highest BCUT2D eigenvalue weighted by molar-refractivity contribution is 9.10. The lowest BCUT2D eigenvalue weighted by atomic mass is 10.2. The SMILES string of the molecule is O=[N+]([O-])c1ccc(O)c(C=NNc2nc(Nc3ccc(Br)cc3)nc(OC(C(F)(F)F)C(F)(F)F)n2)c1. The average Bonchev–Trinajstić information content (AvgIpc) is 2.78. The van der Waals surface area contributed by atoms with Gasteiger partial charge in [0, 0.05) is 27.9 Å². The minimum Gasteiger partial charge on any atom is -0.507 e. The van der Waals surface area contributed by atoms with Crippen molar-refractivity contribution in [2.45, 2.75) is 18.5 Å². The Morgan fingerprint density at radius 3 is 2.24 bits per heavy atom. The number of hydrogen-bond donors (Lipinski definition) is 3. The fourth-order valence-corrected chi connectivity index (χ4v) is 2.78. The molecule has 3 aromatic rings. The van der Waals surface area contributed by atoms with E-state index >= 15 is 0 Å². The maximum atomic E-state index is 13.0. The van der Waals surface area contributed by atoms with Crippen LogP contribution in [0.25, 0.3) is 0 Å². The normalized spacial score (nSPS) is 12.1. The second kappa shape index (κ2) is 10.8. The topological polar surface area (TPSA) is 148 Å². The number of non-ortho nitro benzene ring substituents is 1. The number of phenolic OH excluding ortho intramolecular Hbond substituents is 1. The van der Waals surface area contributed by atoms with Gasteiger partial charge in [0.05, 0.1) is 11.1 Å². The van der Waals surface area contributed by atoms with E-state index in [2.05, 4.69) is 51.5 Å². The summed E-state index contributed by atoms with van der Waals surface area (Å²) in [6.07, 6.45) is -15.0. The van der Waals surface area contributed by atoms with Crippen molar-refractivity contribution in [3.8, 4) is 11.8 Å². The van der Waals surface area contributed by atoms with E-state index in [1.54, 1.807) is 12.1 Å². The number of nitrogens with zero attached hydrogens (tertiary/aromatic N) is 5. The molecule has 0 bridgehead atoms. The maximum Gasteiger partial charge on any atom is 0.434 e. The van der Waals surface area contributed by atoms with Crippen LogP contribution in [-0.2, 0) is 0 Å². The Kier molecular flexibility index (Phi) is 7.99. The molecule has 0 amide bonds. The molecule has 0 radical (unpaired) electrons. The zero-order valence-electron chi connectivity index (χ0n) is 17.7. The molecule has 0 saturated heterocycles. The van der Waals surface area contributed by atoms with Gasteiger partial charge in [-0.05, 0) is 30.3 Å². The van der Waals surface area contributed by atoms with Crippen molar-refractivity contribution in [2.75, 3.05) is 10.7 Å². The van der Waals surface area contributed by atoms with Crippen LogP contribution in [0.1, 0.15) is 5.56 Å². The van der Waals surface area contributed by atoms with Crippen molar-refractivity contribution in [3.05, 3.63) is 62.6 Å². The Balaban J connectivity index is 1.94. The minimum atomic E-state index is -5.84. The number of aromatic hydroxyl groups is 1. The summed E-state index contributed by atoms with van der Waals surface area (Å²) in [6, 6.07) is 7.82. The highest BCUT2D eigenvalue weighted by Crippen LogP contribution is 2.36. The number of phenols is 1. The second-order valence-electron chi connectivity index (χ2n) is 6.85. The van der Waals surface area contributed by atoms with Gasteiger partial charge in [-0.2, -0.15) is 46.4 Å². The van der Waals surface area contributed by atoms with E-state index in [9.17, 15) is 41.6 Å². The van der Waals surface area contributed by atoms with E-state index < -0.39 is 47.0 Å². The Hall–Kier alpha value is -4.22. The third-order valence-electron chi connectivity index (χ3n) is 4.12. The minimum absolute atomic E-state index is 0.144.